The van der Waals surface area contributed by atoms with E-state index in [1.54, 1.807) is 7.11 Å². The number of fused-ring (bicyclic) bond motifs is 1. The van der Waals surface area contributed by atoms with Gasteiger partial charge in [0.2, 0.25) is 0 Å². The molecule has 2 rings (SSSR count). The van der Waals surface area contributed by atoms with E-state index >= 15 is 0 Å². The quantitative estimate of drug-likeness (QED) is 0.869. The third kappa shape index (κ3) is 3.51. The second-order valence-electron chi connectivity index (χ2n) is 4.93. The fourth-order valence-electron chi connectivity index (χ4n) is 1.92. The normalized spacial score (nSPS) is 12.1. The monoisotopic (exact) mass is 269 g/mol. The molecule has 20 heavy (non-hydrogen) atoms. The van der Waals surface area contributed by atoms with E-state index in [1.807, 2.05) is 55.4 Å². The number of ether oxygens (including phenoxy) is 1. The van der Waals surface area contributed by atoms with Gasteiger partial charge in [0.25, 0.3) is 0 Å². The molecule has 0 aliphatic rings. The Kier molecular flexibility index (Phi) is 4.62. The molecule has 3 nitrogen and oxygen atoms in total. The lowest BCUT2D eigenvalue weighted by atomic mass is 10.0. The van der Waals surface area contributed by atoms with Crippen molar-refractivity contribution in [1.29, 1.82) is 0 Å². The molecule has 2 aromatic carbocycles. The summed E-state index contributed by atoms with van der Waals surface area (Å²) in [5, 5.41) is 12.2. The van der Waals surface area contributed by atoms with Gasteiger partial charge in [-0.2, -0.15) is 0 Å². The first-order valence-corrected chi connectivity index (χ1v) is 6.49. The van der Waals surface area contributed by atoms with Gasteiger partial charge in [-0.15, -0.1) is 0 Å². The summed E-state index contributed by atoms with van der Waals surface area (Å²) < 4.78 is 5.20. The minimum Gasteiger partial charge on any atom is -0.497 e. The molecule has 0 aromatic heterocycles. The molecule has 0 bridgehead atoms. The minimum absolute atomic E-state index is 0.641. The van der Waals surface area contributed by atoms with E-state index in [-0.39, 0.29) is 0 Å². The zero-order valence-corrected chi connectivity index (χ0v) is 12.1. The van der Waals surface area contributed by atoms with Crippen molar-refractivity contribution in [3.8, 4) is 17.6 Å². The lowest BCUT2D eigenvalue weighted by molar-refractivity contribution is 0.238. The fraction of sp³-hybridized carbons (Fsp3) is 0.294. The number of aliphatic hydroxyl groups excluding tert-OH is 1. The van der Waals surface area contributed by atoms with Crippen molar-refractivity contribution in [1.82, 2.24) is 4.90 Å². The van der Waals surface area contributed by atoms with Crippen LogP contribution >= 0.6 is 0 Å². The van der Waals surface area contributed by atoms with Crippen LogP contribution in [0.4, 0.5) is 0 Å². The summed E-state index contributed by atoms with van der Waals surface area (Å²) in [6, 6.07) is 11.7. The first-order chi connectivity index (χ1) is 9.60. The van der Waals surface area contributed by atoms with Crippen LogP contribution in [0.5, 0.6) is 5.75 Å². The van der Waals surface area contributed by atoms with Crippen molar-refractivity contribution in [3.05, 3.63) is 42.0 Å². The molecule has 0 aliphatic heterocycles. The van der Waals surface area contributed by atoms with Gasteiger partial charge in [-0.05, 0) is 48.6 Å². The Morgan fingerprint density at radius 3 is 2.55 bits per heavy atom. The number of hydrogen-bond donors (Lipinski definition) is 1. The maximum absolute atomic E-state index is 10.1. The Bertz CT molecular complexity index is 653. The molecule has 0 saturated carbocycles. The summed E-state index contributed by atoms with van der Waals surface area (Å²) in [5.41, 5.74) is 0.814. The number of nitrogens with zero attached hydrogens (tertiary/aromatic N) is 1. The summed E-state index contributed by atoms with van der Waals surface area (Å²) in [7, 11) is 5.55. The molecule has 104 valence electrons. The van der Waals surface area contributed by atoms with E-state index in [0.29, 0.717) is 6.54 Å². The predicted molar refractivity (Wildman–Crippen MR) is 81.8 cm³/mol. The van der Waals surface area contributed by atoms with E-state index < -0.39 is 6.10 Å². The highest BCUT2D eigenvalue weighted by atomic mass is 16.5. The fourth-order valence-corrected chi connectivity index (χ4v) is 1.92. The maximum atomic E-state index is 10.1. The van der Waals surface area contributed by atoms with E-state index in [9.17, 15) is 5.11 Å². The molecule has 1 unspecified atom stereocenters. The van der Waals surface area contributed by atoms with Crippen molar-refractivity contribution < 1.29 is 9.84 Å². The van der Waals surface area contributed by atoms with Crippen LogP contribution in [0.1, 0.15) is 11.7 Å². The largest absolute Gasteiger partial charge is 0.497 e. The average Bonchev–Trinajstić information content (AvgIpc) is 2.45. The highest BCUT2D eigenvalue weighted by molar-refractivity contribution is 5.84. The van der Waals surface area contributed by atoms with Gasteiger partial charge >= 0.3 is 0 Å². The Morgan fingerprint density at radius 2 is 1.85 bits per heavy atom. The number of hydrogen-bond acceptors (Lipinski definition) is 3. The molecular weight excluding hydrogens is 250 g/mol. The molecule has 0 fully saturated rings. The standard InChI is InChI=1S/C17H19NO2/c1-18(2)10-4-5-17(19)15-7-6-14-12-16(20-3)9-8-13(14)11-15/h6-9,11-12,17,19H,10H2,1-3H3. The lowest BCUT2D eigenvalue weighted by Gasteiger charge is -2.07. The number of methoxy groups -OCH3 is 1. The van der Waals surface area contributed by atoms with Gasteiger partial charge in [0.15, 0.2) is 0 Å². The third-order valence-corrected chi connectivity index (χ3v) is 3.02. The topological polar surface area (TPSA) is 32.7 Å². The van der Waals surface area contributed by atoms with Gasteiger partial charge in [0, 0.05) is 0 Å². The van der Waals surface area contributed by atoms with E-state index in [0.717, 1.165) is 22.1 Å². The second kappa shape index (κ2) is 6.42. The van der Waals surface area contributed by atoms with Crippen LogP contribution in [0.25, 0.3) is 10.8 Å². The molecule has 2 aromatic rings. The van der Waals surface area contributed by atoms with Crippen LogP contribution in [0.15, 0.2) is 36.4 Å². The molecule has 0 aliphatic carbocycles. The maximum Gasteiger partial charge on any atom is 0.140 e. The molecular formula is C17H19NO2. The van der Waals surface area contributed by atoms with Gasteiger partial charge in [0.05, 0.1) is 13.7 Å². The Balaban J connectivity index is 2.24. The zero-order valence-electron chi connectivity index (χ0n) is 12.1. The molecule has 1 atom stereocenters. The van der Waals surface area contributed by atoms with Gasteiger partial charge in [-0.3, -0.25) is 4.90 Å². The smallest absolute Gasteiger partial charge is 0.140 e. The van der Waals surface area contributed by atoms with Gasteiger partial charge < -0.3 is 9.84 Å². The van der Waals surface area contributed by atoms with Gasteiger partial charge in [-0.1, -0.05) is 30.0 Å². The van der Waals surface area contributed by atoms with Crippen molar-refractivity contribution >= 4 is 10.8 Å². The summed E-state index contributed by atoms with van der Waals surface area (Å²) in [4.78, 5) is 1.96. The van der Waals surface area contributed by atoms with Crippen LogP contribution in [0, 0.1) is 11.8 Å². The molecule has 0 amide bonds. The van der Waals surface area contributed by atoms with Crippen molar-refractivity contribution in [3.63, 3.8) is 0 Å². The summed E-state index contributed by atoms with van der Waals surface area (Å²) >= 11 is 0. The van der Waals surface area contributed by atoms with Crippen LogP contribution < -0.4 is 4.74 Å². The van der Waals surface area contributed by atoms with Crippen molar-refractivity contribution in [2.75, 3.05) is 27.7 Å². The number of aliphatic hydroxyl groups is 1. The Hall–Kier alpha value is -2.02. The number of rotatable bonds is 3. The number of benzene rings is 2. The Morgan fingerprint density at radius 1 is 1.15 bits per heavy atom. The third-order valence-electron chi connectivity index (χ3n) is 3.02. The molecule has 0 heterocycles. The summed E-state index contributed by atoms with van der Waals surface area (Å²) in [6.07, 6.45) is -0.749. The predicted octanol–water partition coefficient (Wildman–Crippen LogP) is 2.45. The first-order valence-electron chi connectivity index (χ1n) is 6.49. The summed E-state index contributed by atoms with van der Waals surface area (Å²) in [5.74, 6) is 6.64. The van der Waals surface area contributed by atoms with Crippen LogP contribution in [0.3, 0.4) is 0 Å². The average molecular weight is 269 g/mol. The van der Waals surface area contributed by atoms with E-state index in [1.165, 1.54) is 0 Å². The lowest BCUT2D eigenvalue weighted by Crippen LogP contribution is -2.11. The highest BCUT2D eigenvalue weighted by Gasteiger charge is 2.05. The van der Waals surface area contributed by atoms with Gasteiger partial charge in [0.1, 0.15) is 11.9 Å². The van der Waals surface area contributed by atoms with E-state index in [4.69, 9.17) is 4.74 Å². The SMILES string of the molecule is COc1ccc2cc(C(O)C#CCN(C)C)ccc2c1. The molecule has 0 radical (unpaired) electrons. The van der Waals surface area contributed by atoms with Crippen LogP contribution in [-0.2, 0) is 0 Å². The van der Waals surface area contributed by atoms with Crippen molar-refractivity contribution in [2.24, 2.45) is 0 Å². The molecule has 1 N–H and O–H groups in total. The molecule has 3 heteroatoms. The Labute approximate surface area is 119 Å². The van der Waals surface area contributed by atoms with Crippen LogP contribution in [0.2, 0.25) is 0 Å². The first kappa shape index (κ1) is 14.4. The molecule has 0 spiro atoms. The van der Waals surface area contributed by atoms with E-state index in [2.05, 4.69) is 11.8 Å². The summed E-state index contributed by atoms with van der Waals surface area (Å²) in [6.45, 7) is 0.641. The van der Waals surface area contributed by atoms with Crippen molar-refractivity contribution in [2.45, 2.75) is 6.10 Å². The second-order valence-corrected chi connectivity index (χ2v) is 4.93. The zero-order chi connectivity index (χ0) is 14.5. The van der Waals surface area contributed by atoms with Crippen LogP contribution in [-0.4, -0.2) is 37.8 Å². The highest BCUT2D eigenvalue weighted by Crippen LogP contribution is 2.24. The van der Waals surface area contributed by atoms with Gasteiger partial charge in [-0.25, -0.2) is 0 Å². The molecule has 0 saturated heterocycles. The minimum atomic E-state index is -0.749.